The molecule has 0 atom stereocenters. The van der Waals surface area contributed by atoms with Gasteiger partial charge < -0.3 is 14.8 Å². The summed E-state index contributed by atoms with van der Waals surface area (Å²) in [6.07, 6.45) is 2.36. The summed E-state index contributed by atoms with van der Waals surface area (Å²) in [5.74, 6) is 1.29. The van der Waals surface area contributed by atoms with Gasteiger partial charge in [-0.25, -0.2) is 4.39 Å². The molecule has 0 aliphatic rings. The Morgan fingerprint density at radius 2 is 1.96 bits per heavy atom. The van der Waals surface area contributed by atoms with Gasteiger partial charge in [0.15, 0.2) is 11.5 Å². The lowest BCUT2D eigenvalue weighted by atomic mass is 10.1. The maximum atomic E-state index is 13.6. The number of benzene rings is 2. The molecule has 0 aliphatic heterocycles. The molecule has 0 spiro atoms. The van der Waals surface area contributed by atoms with E-state index in [9.17, 15) is 4.39 Å². The first-order chi connectivity index (χ1) is 11.7. The molecule has 128 valence electrons. The summed E-state index contributed by atoms with van der Waals surface area (Å²) >= 11 is 0. The minimum atomic E-state index is -0.151. The van der Waals surface area contributed by atoms with E-state index in [1.165, 1.54) is 6.07 Å². The Labute approximate surface area is 143 Å². The Bertz CT molecular complexity index is 658. The standard InChI is InChI=1S/C20H24FNO2/c1-3-13-24-19-10-9-16(14-20(19)23-4-2)15-22-12-11-17-7-5-6-8-18(17)21/h3,5-10,14,22H,1,4,11-13,15H2,2H3. The molecule has 2 aromatic carbocycles. The SMILES string of the molecule is C=CCOc1ccc(CNCCc2ccccc2F)cc1OCC. The first kappa shape index (κ1) is 18.0. The summed E-state index contributed by atoms with van der Waals surface area (Å²) in [5.41, 5.74) is 1.83. The number of rotatable bonds is 10. The van der Waals surface area contributed by atoms with E-state index in [2.05, 4.69) is 11.9 Å². The van der Waals surface area contributed by atoms with Crippen LogP contribution in [0.25, 0.3) is 0 Å². The highest BCUT2D eigenvalue weighted by Crippen LogP contribution is 2.28. The third-order valence-corrected chi connectivity index (χ3v) is 3.52. The Hall–Kier alpha value is -2.33. The van der Waals surface area contributed by atoms with Gasteiger partial charge in [0.1, 0.15) is 12.4 Å². The maximum absolute atomic E-state index is 13.6. The summed E-state index contributed by atoms with van der Waals surface area (Å²) in [4.78, 5) is 0. The first-order valence-electron chi connectivity index (χ1n) is 8.18. The van der Waals surface area contributed by atoms with Crippen LogP contribution in [0.3, 0.4) is 0 Å². The van der Waals surface area contributed by atoms with Crippen LogP contribution in [0.2, 0.25) is 0 Å². The summed E-state index contributed by atoms with van der Waals surface area (Å²) < 4.78 is 24.8. The average molecular weight is 329 g/mol. The van der Waals surface area contributed by atoms with Crippen LogP contribution in [0, 0.1) is 5.82 Å². The molecule has 0 fully saturated rings. The van der Waals surface area contributed by atoms with E-state index in [-0.39, 0.29) is 5.82 Å². The van der Waals surface area contributed by atoms with Crippen LogP contribution in [0.4, 0.5) is 4.39 Å². The predicted octanol–water partition coefficient (Wildman–Crippen LogP) is 4.12. The molecular formula is C20H24FNO2. The van der Waals surface area contributed by atoms with Crippen molar-refractivity contribution in [2.45, 2.75) is 19.9 Å². The third kappa shape index (κ3) is 5.39. The Morgan fingerprint density at radius 1 is 1.12 bits per heavy atom. The second-order valence-electron chi connectivity index (χ2n) is 5.33. The highest BCUT2D eigenvalue weighted by molar-refractivity contribution is 5.43. The second kappa shape index (κ2) is 9.73. The lowest BCUT2D eigenvalue weighted by Crippen LogP contribution is -2.17. The fourth-order valence-electron chi connectivity index (χ4n) is 2.36. The van der Waals surface area contributed by atoms with E-state index in [1.54, 1.807) is 12.1 Å². The maximum Gasteiger partial charge on any atom is 0.161 e. The van der Waals surface area contributed by atoms with Crippen LogP contribution >= 0.6 is 0 Å². The molecule has 2 aromatic rings. The van der Waals surface area contributed by atoms with Gasteiger partial charge in [-0.1, -0.05) is 36.9 Å². The highest BCUT2D eigenvalue weighted by atomic mass is 19.1. The van der Waals surface area contributed by atoms with Crippen LogP contribution in [-0.4, -0.2) is 19.8 Å². The molecule has 0 aliphatic carbocycles. The van der Waals surface area contributed by atoms with Crippen molar-refractivity contribution in [1.82, 2.24) is 5.32 Å². The van der Waals surface area contributed by atoms with Gasteiger partial charge in [0, 0.05) is 6.54 Å². The Kier molecular flexibility index (Phi) is 7.30. The Morgan fingerprint density at radius 3 is 2.71 bits per heavy atom. The molecule has 0 bridgehead atoms. The quantitative estimate of drug-likeness (QED) is 0.525. The van der Waals surface area contributed by atoms with Crippen molar-refractivity contribution in [2.75, 3.05) is 19.8 Å². The number of hydrogen-bond donors (Lipinski definition) is 1. The fourth-order valence-corrected chi connectivity index (χ4v) is 2.36. The molecule has 0 saturated heterocycles. The fraction of sp³-hybridized carbons (Fsp3) is 0.300. The van der Waals surface area contributed by atoms with Crippen molar-refractivity contribution in [2.24, 2.45) is 0 Å². The van der Waals surface area contributed by atoms with Crippen molar-refractivity contribution in [3.63, 3.8) is 0 Å². The van der Waals surface area contributed by atoms with E-state index < -0.39 is 0 Å². The van der Waals surface area contributed by atoms with Gasteiger partial charge in [0.2, 0.25) is 0 Å². The average Bonchev–Trinajstić information content (AvgIpc) is 2.59. The van der Waals surface area contributed by atoms with Crippen LogP contribution in [0.15, 0.2) is 55.1 Å². The molecule has 0 aromatic heterocycles. The molecule has 0 unspecified atom stereocenters. The molecule has 0 heterocycles. The molecule has 4 heteroatoms. The lowest BCUT2D eigenvalue weighted by molar-refractivity contribution is 0.296. The van der Waals surface area contributed by atoms with Gasteiger partial charge in [-0.2, -0.15) is 0 Å². The largest absolute Gasteiger partial charge is 0.490 e. The molecule has 0 saturated carbocycles. The molecule has 2 rings (SSSR count). The minimum Gasteiger partial charge on any atom is -0.490 e. The summed E-state index contributed by atoms with van der Waals surface area (Å²) in [5, 5.41) is 3.33. The third-order valence-electron chi connectivity index (χ3n) is 3.52. The van der Waals surface area contributed by atoms with Crippen molar-refractivity contribution in [1.29, 1.82) is 0 Å². The molecule has 0 amide bonds. The topological polar surface area (TPSA) is 30.5 Å². The van der Waals surface area contributed by atoms with Crippen LogP contribution in [0.1, 0.15) is 18.1 Å². The van der Waals surface area contributed by atoms with Crippen molar-refractivity contribution < 1.29 is 13.9 Å². The van der Waals surface area contributed by atoms with Gasteiger partial charge in [0.25, 0.3) is 0 Å². The highest BCUT2D eigenvalue weighted by Gasteiger charge is 2.06. The zero-order chi connectivity index (χ0) is 17.2. The summed E-state index contributed by atoms with van der Waals surface area (Å²) in [6.45, 7) is 8.01. The number of hydrogen-bond acceptors (Lipinski definition) is 3. The number of nitrogens with one attached hydrogen (secondary N) is 1. The van der Waals surface area contributed by atoms with Gasteiger partial charge in [-0.15, -0.1) is 0 Å². The Balaban J connectivity index is 1.88. The van der Waals surface area contributed by atoms with Crippen LogP contribution in [-0.2, 0) is 13.0 Å². The predicted molar refractivity (Wildman–Crippen MR) is 95.1 cm³/mol. The van der Waals surface area contributed by atoms with Crippen molar-refractivity contribution in [3.05, 3.63) is 72.1 Å². The first-order valence-corrected chi connectivity index (χ1v) is 8.18. The van der Waals surface area contributed by atoms with E-state index in [1.807, 2.05) is 37.3 Å². The molecular weight excluding hydrogens is 305 g/mol. The number of halogens is 1. The van der Waals surface area contributed by atoms with E-state index >= 15 is 0 Å². The normalized spacial score (nSPS) is 10.4. The van der Waals surface area contributed by atoms with Gasteiger partial charge in [0.05, 0.1) is 6.61 Å². The van der Waals surface area contributed by atoms with E-state index in [0.717, 1.165) is 16.9 Å². The van der Waals surface area contributed by atoms with Gasteiger partial charge in [-0.05, 0) is 49.2 Å². The van der Waals surface area contributed by atoms with Crippen molar-refractivity contribution >= 4 is 0 Å². The monoisotopic (exact) mass is 329 g/mol. The molecule has 24 heavy (non-hydrogen) atoms. The zero-order valence-electron chi connectivity index (χ0n) is 14.1. The van der Waals surface area contributed by atoms with Crippen LogP contribution < -0.4 is 14.8 Å². The van der Waals surface area contributed by atoms with Gasteiger partial charge >= 0.3 is 0 Å². The van der Waals surface area contributed by atoms with E-state index in [0.29, 0.717) is 38.5 Å². The zero-order valence-corrected chi connectivity index (χ0v) is 14.1. The summed E-state index contributed by atoms with van der Waals surface area (Å²) in [6, 6.07) is 12.7. The number of ether oxygens (including phenoxy) is 2. The summed E-state index contributed by atoms with van der Waals surface area (Å²) in [7, 11) is 0. The van der Waals surface area contributed by atoms with Crippen molar-refractivity contribution in [3.8, 4) is 11.5 Å². The van der Waals surface area contributed by atoms with Crippen LogP contribution in [0.5, 0.6) is 11.5 Å². The second-order valence-corrected chi connectivity index (χ2v) is 5.33. The van der Waals surface area contributed by atoms with Gasteiger partial charge in [-0.3, -0.25) is 0 Å². The van der Waals surface area contributed by atoms with E-state index in [4.69, 9.17) is 9.47 Å². The molecule has 3 nitrogen and oxygen atoms in total. The minimum absolute atomic E-state index is 0.151. The smallest absolute Gasteiger partial charge is 0.161 e. The molecule has 1 N–H and O–H groups in total. The molecule has 0 radical (unpaired) electrons. The lowest BCUT2D eigenvalue weighted by Gasteiger charge is -2.13.